The number of hydrogen-bond donors (Lipinski definition) is 3. The fraction of sp³-hybridized carbons (Fsp3) is 0.417. The van der Waals surface area contributed by atoms with E-state index in [1.807, 2.05) is 0 Å². The third-order valence-electron chi connectivity index (χ3n) is 3.20. The lowest BCUT2D eigenvalue weighted by molar-refractivity contribution is -0.118. The van der Waals surface area contributed by atoms with Crippen molar-refractivity contribution in [3.05, 3.63) is 23.8 Å². The summed E-state index contributed by atoms with van der Waals surface area (Å²) in [7, 11) is -2.36. The molecule has 9 heteroatoms. The number of amides is 1. The van der Waals surface area contributed by atoms with Gasteiger partial charge in [-0.3, -0.25) is 9.10 Å². The van der Waals surface area contributed by atoms with Gasteiger partial charge in [-0.1, -0.05) is 6.07 Å². The van der Waals surface area contributed by atoms with Crippen LogP contribution < -0.4 is 20.5 Å². The zero-order valence-corrected chi connectivity index (χ0v) is 12.4. The van der Waals surface area contributed by atoms with Crippen molar-refractivity contribution in [1.82, 2.24) is 0 Å². The molecule has 5 N–H and O–H groups in total. The van der Waals surface area contributed by atoms with E-state index in [2.05, 4.69) is 5.32 Å². The van der Waals surface area contributed by atoms with E-state index in [4.69, 9.17) is 15.6 Å². The Balaban J connectivity index is 2.20. The van der Waals surface area contributed by atoms with E-state index in [1.165, 1.54) is 7.11 Å². The first-order valence-electron chi connectivity index (χ1n) is 6.31. The number of methoxy groups -OCH3 is 1. The Morgan fingerprint density at radius 3 is 2.86 bits per heavy atom. The number of nitrogens with two attached hydrogens (primary N) is 2. The van der Waals surface area contributed by atoms with E-state index >= 15 is 0 Å². The maximum Gasteiger partial charge on any atom is 0.299 e. The van der Waals surface area contributed by atoms with Crippen LogP contribution in [0.1, 0.15) is 5.56 Å². The molecular formula is C12H18N4O4S. The predicted molar refractivity (Wildman–Crippen MR) is 79.1 cm³/mol. The fourth-order valence-corrected chi connectivity index (χ4v) is 2.97. The minimum Gasteiger partial charge on any atom is -0.383 e. The highest BCUT2D eigenvalue weighted by molar-refractivity contribution is 7.90. The van der Waals surface area contributed by atoms with Crippen LogP contribution in [0.25, 0.3) is 0 Å². The second-order valence-electron chi connectivity index (χ2n) is 4.76. The summed E-state index contributed by atoms with van der Waals surface area (Å²) in [6, 6.07) is 4.24. The Morgan fingerprint density at radius 1 is 1.52 bits per heavy atom. The number of carbonyl (C=O) groups is 1. The summed E-state index contributed by atoms with van der Waals surface area (Å²) in [4.78, 5) is 11.8. The molecule has 1 amide bonds. The molecule has 21 heavy (non-hydrogen) atoms. The smallest absolute Gasteiger partial charge is 0.299 e. The molecule has 2 rings (SSSR count). The van der Waals surface area contributed by atoms with Crippen LogP contribution >= 0.6 is 0 Å². The van der Waals surface area contributed by atoms with Gasteiger partial charge in [0.05, 0.1) is 12.3 Å². The molecule has 0 aromatic heterocycles. The monoisotopic (exact) mass is 314 g/mol. The summed E-state index contributed by atoms with van der Waals surface area (Å²) >= 11 is 0. The van der Waals surface area contributed by atoms with Gasteiger partial charge in [0.2, 0.25) is 5.91 Å². The first kappa shape index (κ1) is 15.7. The lowest BCUT2D eigenvalue weighted by atomic mass is 10.1. The van der Waals surface area contributed by atoms with Gasteiger partial charge < -0.3 is 15.8 Å². The van der Waals surface area contributed by atoms with Crippen LogP contribution in [0.5, 0.6) is 0 Å². The van der Waals surface area contributed by atoms with Gasteiger partial charge in [-0.15, -0.1) is 0 Å². The van der Waals surface area contributed by atoms with Crippen LogP contribution in [0.3, 0.4) is 0 Å². The van der Waals surface area contributed by atoms with Gasteiger partial charge in [-0.2, -0.15) is 8.42 Å². The SMILES string of the molecule is COCC(N)C(=O)Nc1ccc2c(c1)N(S(N)(=O)=O)CC2. The summed E-state index contributed by atoms with van der Waals surface area (Å²) in [5.41, 5.74) is 7.43. The molecule has 0 radical (unpaired) electrons. The summed E-state index contributed by atoms with van der Waals surface area (Å²) < 4.78 is 28.9. The molecule has 116 valence electrons. The van der Waals surface area contributed by atoms with Gasteiger partial charge in [0.1, 0.15) is 6.04 Å². The highest BCUT2D eigenvalue weighted by atomic mass is 32.2. The molecule has 0 fully saturated rings. The van der Waals surface area contributed by atoms with E-state index in [1.54, 1.807) is 18.2 Å². The Labute approximate surface area is 123 Å². The quantitative estimate of drug-likeness (QED) is 0.653. The average Bonchev–Trinajstić information content (AvgIpc) is 2.81. The second-order valence-corrected chi connectivity index (χ2v) is 6.23. The number of carbonyl (C=O) groups excluding carboxylic acids is 1. The summed E-state index contributed by atoms with van der Waals surface area (Å²) in [6.45, 7) is 0.398. The van der Waals surface area contributed by atoms with Crippen molar-refractivity contribution >= 4 is 27.5 Å². The van der Waals surface area contributed by atoms with E-state index in [-0.39, 0.29) is 6.61 Å². The molecule has 0 saturated carbocycles. The van der Waals surface area contributed by atoms with E-state index in [0.717, 1.165) is 9.87 Å². The first-order valence-corrected chi connectivity index (χ1v) is 7.82. The maximum atomic E-state index is 11.8. The molecule has 1 atom stereocenters. The van der Waals surface area contributed by atoms with Crippen molar-refractivity contribution in [2.45, 2.75) is 12.5 Å². The Bertz CT molecular complexity index is 647. The maximum absolute atomic E-state index is 11.8. The Kier molecular flexibility index (Phi) is 4.47. The molecule has 1 aromatic carbocycles. The second kappa shape index (κ2) is 5.98. The standard InChI is InChI=1S/C12H18N4O4S/c1-20-7-10(13)12(17)15-9-3-2-8-4-5-16(11(8)6-9)21(14,18)19/h2-3,6,10H,4-5,7,13H2,1H3,(H,15,17)(H2,14,18,19). The predicted octanol–water partition coefficient (Wildman–Crippen LogP) is -0.835. The number of hydrogen-bond acceptors (Lipinski definition) is 5. The van der Waals surface area contributed by atoms with E-state index in [9.17, 15) is 13.2 Å². The van der Waals surface area contributed by atoms with Gasteiger partial charge >= 0.3 is 0 Å². The van der Waals surface area contributed by atoms with Crippen LogP contribution in [0.15, 0.2) is 18.2 Å². The average molecular weight is 314 g/mol. The summed E-state index contributed by atoms with van der Waals surface area (Å²) in [6.07, 6.45) is 0.586. The van der Waals surface area contributed by atoms with Crippen molar-refractivity contribution in [1.29, 1.82) is 0 Å². The first-order chi connectivity index (χ1) is 9.82. The van der Waals surface area contributed by atoms with Gasteiger partial charge in [-0.25, -0.2) is 5.14 Å². The van der Waals surface area contributed by atoms with Gasteiger partial charge in [-0.05, 0) is 24.1 Å². The summed E-state index contributed by atoms with van der Waals surface area (Å²) in [5, 5.41) is 7.79. The van der Waals surface area contributed by atoms with Crippen LogP contribution in [0, 0.1) is 0 Å². The molecular weight excluding hydrogens is 296 g/mol. The van der Waals surface area contributed by atoms with Crippen LogP contribution in [-0.2, 0) is 26.2 Å². The largest absolute Gasteiger partial charge is 0.383 e. The number of nitrogens with zero attached hydrogens (tertiary/aromatic N) is 1. The molecule has 0 spiro atoms. The van der Waals surface area contributed by atoms with E-state index < -0.39 is 22.2 Å². The minimum absolute atomic E-state index is 0.0973. The zero-order valence-electron chi connectivity index (χ0n) is 11.6. The van der Waals surface area contributed by atoms with E-state index in [0.29, 0.717) is 24.3 Å². The molecule has 8 nitrogen and oxygen atoms in total. The van der Waals surface area contributed by atoms with Gasteiger partial charge in [0.25, 0.3) is 10.2 Å². The van der Waals surface area contributed by atoms with Crippen LogP contribution in [-0.4, -0.2) is 40.6 Å². The van der Waals surface area contributed by atoms with Crippen molar-refractivity contribution in [3.8, 4) is 0 Å². The normalized spacial score (nSPS) is 15.7. The topological polar surface area (TPSA) is 128 Å². The van der Waals surface area contributed by atoms with Crippen molar-refractivity contribution in [2.75, 3.05) is 29.9 Å². The molecule has 1 aromatic rings. The number of ether oxygens (including phenoxy) is 1. The Hall–Kier alpha value is -1.68. The molecule has 1 aliphatic heterocycles. The molecule has 0 bridgehead atoms. The van der Waals surface area contributed by atoms with Crippen LogP contribution in [0.2, 0.25) is 0 Å². The van der Waals surface area contributed by atoms with Gasteiger partial charge in [0.15, 0.2) is 0 Å². The number of nitrogens with one attached hydrogen (secondary N) is 1. The Morgan fingerprint density at radius 2 is 2.24 bits per heavy atom. The lowest BCUT2D eigenvalue weighted by Gasteiger charge is -2.17. The van der Waals surface area contributed by atoms with Crippen molar-refractivity contribution in [2.24, 2.45) is 10.9 Å². The third-order valence-corrected chi connectivity index (χ3v) is 4.19. The molecule has 1 heterocycles. The highest BCUT2D eigenvalue weighted by Gasteiger charge is 2.27. The fourth-order valence-electron chi connectivity index (χ4n) is 2.18. The lowest BCUT2D eigenvalue weighted by Crippen LogP contribution is -2.39. The third kappa shape index (κ3) is 3.50. The number of benzene rings is 1. The molecule has 1 unspecified atom stereocenters. The van der Waals surface area contributed by atoms with Gasteiger partial charge in [0, 0.05) is 19.3 Å². The van der Waals surface area contributed by atoms with Crippen LogP contribution in [0.4, 0.5) is 11.4 Å². The molecule has 0 aliphatic carbocycles. The zero-order chi connectivity index (χ0) is 15.6. The summed E-state index contributed by atoms with van der Waals surface area (Å²) in [5.74, 6) is -0.406. The number of fused-ring (bicyclic) bond motifs is 1. The number of rotatable bonds is 5. The molecule has 0 saturated heterocycles. The minimum atomic E-state index is -3.81. The number of anilines is 2. The van der Waals surface area contributed by atoms with Crippen molar-refractivity contribution in [3.63, 3.8) is 0 Å². The highest BCUT2D eigenvalue weighted by Crippen LogP contribution is 2.31. The van der Waals surface area contributed by atoms with Crippen molar-refractivity contribution < 1.29 is 17.9 Å². The molecule has 1 aliphatic rings.